The number of likely N-dealkylation sites (tertiary alicyclic amines) is 1. The van der Waals surface area contributed by atoms with E-state index in [9.17, 15) is 14.7 Å². The molecule has 0 spiro atoms. The number of nitrogens with zero attached hydrogens (tertiary/aromatic N) is 1. The van der Waals surface area contributed by atoms with Crippen molar-refractivity contribution in [3.05, 3.63) is 0 Å². The van der Waals surface area contributed by atoms with Crippen LogP contribution in [0.3, 0.4) is 0 Å². The quantitative estimate of drug-likeness (QED) is 0.662. The highest BCUT2D eigenvalue weighted by molar-refractivity contribution is 7.99. The van der Waals surface area contributed by atoms with Crippen LogP contribution in [-0.4, -0.2) is 57.7 Å². The first kappa shape index (κ1) is 11.3. The smallest absolute Gasteiger partial charge is 0.326 e. The number of aliphatic hydroxyl groups excluding tert-OH is 1. The Bertz CT molecular complexity index is 245. The molecule has 0 saturated carbocycles. The van der Waals surface area contributed by atoms with Crippen molar-refractivity contribution in [2.45, 2.75) is 18.6 Å². The van der Waals surface area contributed by atoms with E-state index in [2.05, 4.69) is 0 Å². The number of carboxylic acids is 1. The maximum absolute atomic E-state index is 11.4. The average Bonchev–Trinajstić information content (AvgIpc) is 2.48. The van der Waals surface area contributed by atoms with Gasteiger partial charge in [-0.3, -0.25) is 4.79 Å². The summed E-state index contributed by atoms with van der Waals surface area (Å²) in [6.07, 6.45) is 1.21. The molecule has 2 atom stereocenters. The highest BCUT2D eigenvalue weighted by Gasteiger charge is 2.38. The molecule has 1 rings (SSSR count). The lowest BCUT2D eigenvalue weighted by atomic mass is 10.2. The third kappa shape index (κ3) is 2.39. The van der Waals surface area contributed by atoms with Crippen molar-refractivity contribution < 1.29 is 19.8 Å². The van der Waals surface area contributed by atoms with Gasteiger partial charge in [-0.05, 0) is 6.26 Å². The number of hydrogen-bond acceptors (Lipinski definition) is 4. The van der Waals surface area contributed by atoms with Crippen molar-refractivity contribution in [3.63, 3.8) is 0 Å². The molecule has 0 aromatic rings. The van der Waals surface area contributed by atoms with Crippen LogP contribution in [-0.2, 0) is 9.59 Å². The van der Waals surface area contributed by atoms with Gasteiger partial charge in [-0.25, -0.2) is 4.79 Å². The first-order valence-corrected chi connectivity index (χ1v) is 5.65. The standard InChI is InChI=1S/C8H13NO4S/c1-14-4-7(11)9-3-5(10)2-6(9)8(12)13/h5-6,10H,2-4H2,1H3,(H,12,13)/t5-,6+/m1/s1. The molecule has 0 aromatic carbocycles. The summed E-state index contributed by atoms with van der Waals surface area (Å²) in [6.45, 7) is 0.135. The SMILES string of the molecule is CSCC(=O)N1C[C@H](O)C[C@H]1C(=O)O. The number of carbonyl (C=O) groups is 2. The molecule has 0 unspecified atom stereocenters. The number of carbonyl (C=O) groups excluding carboxylic acids is 1. The van der Waals surface area contributed by atoms with E-state index < -0.39 is 18.1 Å². The number of aliphatic hydroxyl groups is 1. The summed E-state index contributed by atoms with van der Waals surface area (Å²) in [4.78, 5) is 23.4. The Hall–Kier alpha value is -0.750. The zero-order valence-corrected chi connectivity index (χ0v) is 8.66. The van der Waals surface area contributed by atoms with Gasteiger partial charge in [0.1, 0.15) is 6.04 Å². The summed E-state index contributed by atoms with van der Waals surface area (Å²) < 4.78 is 0. The Morgan fingerprint density at radius 2 is 2.21 bits per heavy atom. The number of hydrogen-bond donors (Lipinski definition) is 2. The number of amides is 1. The number of carboxylic acid groups (broad SMARTS) is 1. The molecule has 0 radical (unpaired) electrons. The first-order valence-electron chi connectivity index (χ1n) is 4.25. The van der Waals surface area contributed by atoms with E-state index in [-0.39, 0.29) is 24.6 Å². The van der Waals surface area contributed by atoms with E-state index in [1.807, 2.05) is 0 Å². The Morgan fingerprint density at radius 3 is 2.71 bits per heavy atom. The maximum atomic E-state index is 11.4. The second-order valence-corrected chi connectivity index (χ2v) is 4.09. The largest absolute Gasteiger partial charge is 0.480 e. The van der Waals surface area contributed by atoms with Crippen LogP contribution in [0.2, 0.25) is 0 Å². The van der Waals surface area contributed by atoms with Crippen LogP contribution in [0.1, 0.15) is 6.42 Å². The summed E-state index contributed by atoms with van der Waals surface area (Å²) in [5, 5.41) is 18.1. The number of aliphatic carboxylic acids is 1. The Balaban J connectivity index is 2.66. The third-order valence-corrected chi connectivity index (χ3v) is 2.69. The maximum Gasteiger partial charge on any atom is 0.326 e. The summed E-state index contributed by atoms with van der Waals surface area (Å²) in [5.74, 6) is -1.01. The minimum Gasteiger partial charge on any atom is -0.480 e. The number of β-amino-alcohol motifs (C(OH)–C–C–N with tert-alkyl or cyclic N) is 1. The molecular weight excluding hydrogens is 206 g/mol. The molecule has 1 heterocycles. The Morgan fingerprint density at radius 1 is 1.57 bits per heavy atom. The number of thioether (sulfide) groups is 1. The topological polar surface area (TPSA) is 77.8 Å². The highest BCUT2D eigenvalue weighted by Crippen LogP contribution is 2.19. The van der Waals surface area contributed by atoms with Gasteiger partial charge in [0.25, 0.3) is 0 Å². The van der Waals surface area contributed by atoms with Crippen molar-refractivity contribution in [1.29, 1.82) is 0 Å². The predicted octanol–water partition coefficient (Wildman–Crippen LogP) is -0.604. The zero-order valence-electron chi connectivity index (χ0n) is 7.84. The van der Waals surface area contributed by atoms with Gasteiger partial charge in [0.05, 0.1) is 11.9 Å². The van der Waals surface area contributed by atoms with Crippen molar-refractivity contribution >= 4 is 23.6 Å². The molecule has 1 saturated heterocycles. The molecule has 6 heteroatoms. The summed E-state index contributed by atoms with van der Waals surface area (Å²) >= 11 is 1.35. The van der Waals surface area contributed by atoms with Gasteiger partial charge in [-0.15, -0.1) is 0 Å². The van der Waals surface area contributed by atoms with E-state index in [1.165, 1.54) is 16.7 Å². The summed E-state index contributed by atoms with van der Waals surface area (Å²) in [7, 11) is 0. The van der Waals surface area contributed by atoms with Gasteiger partial charge < -0.3 is 15.1 Å². The second kappa shape index (κ2) is 4.65. The van der Waals surface area contributed by atoms with Gasteiger partial charge in [0.2, 0.25) is 5.91 Å². The van der Waals surface area contributed by atoms with Crippen molar-refractivity contribution in [1.82, 2.24) is 4.90 Å². The van der Waals surface area contributed by atoms with Crippen LogP contribution in [0.5, 0.6) is 0 Å². The predicted molar refractivity (Wildman–Crippen MR) is 52.1 cm³/mol. The van der Waals surface area contributed by atoms with Crippen LogP contribution in [0, 0.1) is 0 Å². The second-order valence-electron chi connectivity index (χ2n) is 3.22. The van der Waals surface area contributed by atoms with E-state index in [0.29, 0.717) is 0 Å². The van der Waals surface area contributed by atoms with Gasteiger partial charge in [0.15, 0.2) is 0 Å². The highest BCUT2D eigenvalue weighted by atomic mass is 32.2. The lowest BCUT2D eigenvalue weighted by molar-refractivity contribution is -0.147. The molecule has 5 nitrogen and oxygen atoms in total. The first-order chi connectivity index (χ1) is 6.56. The van der Waals surface area contributed by atoms with E-state index in [0.717, 1.165) is 0 Å². The fourth-order valence-electron chi connectivity index (χ4n) is 1.53. The molecule has 1 aliphatic heterocycles. The van der Waals surface area contributed by atoms with Crippen LogP contribution in [0.4, 0.5) is 0 Å². The van der Waals surface area contributed by atoms with Gasteiger partial charge in [0, 0.05) is 13.0 Å². The molecule has 0 aliphatic carbocycles. The number of rotatable bonds is 3. The fraction of sp³-hybridized carbons (Fsp3) is 0.750. The molecule has 0 aromatic heterocycles. The summed E-state index contributed by atoms with van der Waals surface area (Å²) in [5.41, 5.74) is 0. The van der Waals surface area contributed by atoms with Crippen LogP contribution in [0.15, 0.2) is 0 Å². The van der Waals surface area contributed by atoms with E-state index in [4.69, 9.17) is 5.11 Å². The van der Waals surface area contributed by atoms with Gasteiger partial charge in [-0.2, -0.15) is 11.8 Å². The molecule has 1 amide bonds. The molecule has 1 fully saturated rings. The van der Waals surface area contributed by atoms with Crippen LogP contribution in [0.25, 0.3) is 0 Å². The zero-order chi connectivity index (χ0) is 10.7. The Labute approximate surface area is 86.1 Å². The van der Waals surface area contributed by atoms with Crippen molar-refractivity contribution in [2.24, 2.45) is 0 Å². The van der Waals surface area contributed by atoms with Crippen LogP contribution < -0.4 is 0 Å². The van der Waals surface area contributed by atoms with Crippen LogP contribution >= 0.6 is 11.8 Å². The molecule has 80 valence electrons. The molecule has 14 heavy (non-hydrogen) atoms. The van der Waals surface area contributed by atoms with Gasteiger partial charge in [-0.1, -0.05) is 0 Å². The Kier molecular flexibility index (Phi) is 3.77. The lowest BCUT2D eigenvalue weighted by Crippen LogP contribution is -2.41. The van der Waals surface area contributed by atoms with Crippen molar-refractivity contribution in [2.75, 3.05) is 18.6 Å². The molecule has 0 bridgehead atoms. The minimum atomic E-state index is -1.05. The fourth-order valence-corrected chi connectivity index (χ4v) is 1.94. The molecule has 1 aliphatic rings. The van der Waals surface area contributed by atoms with E-state index in [1.54, 1.807) is 6.26 Å². The lowest BCUT2D eigenvalue weighted by Gasteiger charge is -2.20. The average molecular weight is 219 g/mol. The minimum absolute atomic E-state index is 0.134. The van der Waals surface area contributed by atoms with Gasteiger partial charge >= 0.3 is 5.97 Å². The molecular formula is C8H13NO4S. The van der Waals surface area contributed by atoms with Crippen molar-refractivity contribution in [3.8, 4) is 0 Å². The van der Waals surface area contributed by atoms with E-state index >= 15 is 0 Å². The molecule has 2 N–H and O–H groups in total. The monoisotopic (exact) mass is 219 g/mol. The third-order valence-electron chi connectivity index (χ3n) is 2.15. The normalized spacial score (nSPS) is 26.6. The summed E-state index contributed by atoms with van der Waals surface area (Å²) in [6, 6.07) is -0.857.